The molecule has 4 bridgehead atoms. The van der Waals surface area contributed by atoms with Crippen molar-refractivity contribution >= 4 is 0 Å². The van der Waals surface area contributed by atoms with Crippen molar-refractivity contribution in [3.8, 4) is 0 Å². The minimum Gasteiger partial charge on any atom is -0.317 e. The van der Waals surface area contributed by atoms with E-state index in [1.54, 1.807) is 32.1 Å². The van der Waals surface area contributed by atoms with E-state index in [2.05, 4.69) is 5.32 Å². The lowest BCUT2D eigenvalue weighted by molar-refractivity contribution is -0.0666. The molecule has 1 aliphatic heterocycles. The van der Waals surface area contributed by atoms with E-state index in [9.17, 15) is 0 Å². The van der Waals surface area contributed by atoms with Gasteiger partial charge in [-0.05, 0) is 93.5 Å². The molecular weight excluding hydrogens is 194 g/mol. The maximum atomic E-state index is 3.54. The number of hydrogen-bond acceptors (Lipinski definition) is 1. The maximum absolute atomic E-state index is 3.54. The molecule has 0 atom stereocenters. The predicted molar refractivity (Wildman–Crippen MR) is 66.1 cm³/mol. The SMILES string of the molecule is C1CC(C2C3CC4CC(C3)CC2C4)CCN1. The Balaban J connectivity index is 1.55. The third-order valence-corrected chi connectivity index (χ3v) is 6.23. The molecule has 5 aliphatic rings. The van der Waals surface area contributed by atoms with Crippen LogP contribution in [0.3, 0.4) is 0 Å². The van der Waals surface area contributed by atoms with E-state index in [4.69, 9.17) is 0 Å². The first-order chi connectivity index (χ1) is 7.90. The summed E-state index contributed by atoms with van der Waals surface area (Å²) in [6.07, 6.45) is 11.0. The van der Waals surface area contributed by atoms with Crippen molar-refractivity contribution in [1.29, 1.82) is 0 Å². The van der Waals surface area contributed by atoms with Crippen LogP contribution in [0.1, 0.15) is 44.9 Å². The number of nitrogens with one attached hydrogen (secondary N) is 1. The summed E-state index contributed by atoms with van der Waals surface area (Å²) in [7, 11) is 0. The second-order valence-electron chi connectivity index (χ2n) is 7.10. The van der Waals surface area contributed by atoms with Gasteiger partial charge in [0.15, 0.2) is 0 Å². The van der Waals surface area contributed by atoms with Gasteiger partial charge < -0.3 is 5.32 Å². The fourth-order valence-electron chi connectivity index (χ4n) is 5.97. The van der Waals surface area contributed by atoms with E-state index in [1.807, 2.05) is 0 Å². The highest BCUT2D eigenvalue weighted by atomic mass is 14.9. The molecular formula is C15H25N. The van der Waals surface area contributed by atoms with E-state index in [0.717, 1.165) is 35.5 Å². The van der Waals surface area contributed by atoms with E-state index in [0.29, 0.717) is 0 Å². The highest BCUT2D eigenvalue weighted by Gasteiger charge is 2.50. The van der Waals surface area contributed by atoms with Crippen LogP contribution >= 0.6 is 0 Å². The molecule has 1 heteroatoms. The summed E-state index contributed by atoms with van der Waals surface area (Å²) in [5.41, 5.74) is 0. The normalized spacial score (nSPS) is 52.1. The molecule has 90 valence electrons. The smallest absolute Gasteiger partial charge is 0.00462 e. The van der Waals surface area contributed by atoms with E-state index < -0.39 is 0 Å². The van der Waals surface area contributed by atoms with Gasteiger partial charge in [-0.3, -0.25) is 0 Å². The Morgan fingerprint density at radius 3 is 1.75 bits per heavy atom. The van der Waals surface area contributed by atoms with E-state index in [1.165, 1.54) is 25.9 Å². The monoisotopic (exact) mass is 219 g/mol. The van der Waals surface area contributed by atoms with Gasteiger partial charge in [-0.2, -0.15) is 0 Å². The summed E-state index contributed by atoms with van der Waals surface area (Å²) in [5, 5.41) is 3.54. The van der Waals surface area contributed by atoms with Crippen molar-refractivity contribution in [2.45, 2.75) is 44.9 Å². The highest BCUT2D eigenvalue weighted by molar-refractivity contribution is 5.00. The summed E-state index contributed by atoms with van der Waals surface area (Å²) >= 11 is 0. The van der Waals surface area contributed by atoms with Crippen LogP contribution in [0.25, 0.3) is 0 Å². The first-order valence-electron chi connectivity index (χ1n) is 7.61. The van der Waals surface area contributed by atoms with Gasteiger partial charge in [-0.25, -0.2) is 0 Å². The molecule has 1 heterocycles. The second-order valence-corrected chi connectivity index (χ2v) is 7.10. The number of piperidine rings is 1. The zero-order chi connectivity index (χ0) is 10.5. The molecule has 1 N–H and O–H groups in total. The molecule has 1 nitrogen and oxygen atoms in total. The van der Waals surface area contributed by atoms with Gasteiger partial charge >= 0.3 is 0 Å². The molecule has 0 amide bonds. The topological polar surface area (TPSA) is 12.0 Å². The summed E-state index contributed by atoms with van der Waals surface area (Å²) in [6.45, 7) is 2.60. The van der Waals surface area contributed by atoms with Crippen molar-refractivity contribution in [3.63, 3.8) is 0 Å². The third-order valence-electron chi connectivity index (χ3n) is 6.23. The van der Waals surface area contributed by atoms with Crippen LogP contribution in [0.15, 0.2) is 0 Å². The number of rotatable bonds is 1. The van der Waals surface area contributed by atoms with Crippen LogP contribution in [0, 0.1) is 35.5 Å². The Hall–Kier alpha value is -0.0400. The molecule has 0 aromatic rings. The van der Waals surface area contributed by atoms with Crippen LogP contribution in [-0.2, 0) is 0 Å². The van der Waals surface area contributed by atoms with Crippen LogP contribution in [0.5, 0.6) is 0 Å². The first kappa shape index (κ1) is 9.94. The van der Waals surface area contributed by atoms with Gasteiger partial charge in [0.2, 0.25) is 0 Å². The molecule has 0 unspecified atom stereocenters. The Kier molecular flexibility index (Phi) is 2.32. The predicted octanol–water partition coefficient (Wildman–Crippen LogP) is 3.06. The van der Waals surface area contributed by atoms with Gasteiger partial charge in [0.1, 0.15) is 0 Å². The van der Waals surface area contributed by atoms with Gasteiger partial charge in [0, 0.05) is 0 Å². The lowest BCUT2D eigenvalue weighted by Gasteiger charge is -2.57. The van der Waals surface area contributed by atoms with Crippen molar-refractivity contribution < 1.29 is 0 Å². The molecule has 16 heavy (non-hydrogen) atoms. The van der Waals surface area contributed by atoms with Crippen molar-refractivity contribution in [2.75, 3.05) is 13.1 Å². The minimum atomic E-state index is 1.09. The van der Waals surface area contributed by atoms with E-state index in [-0.39, 0.29) is 0 Å². The van der Waals surface area contributed by atoms with Crippen molar-refractivity contribution in [3.05, 3.63) is 0 Å². The third kappa shape index (κ3) is 1.47. The van der Waals surface area contributed by atoms with E-state index >= 15 is 0 Å². The van der Waals surface area contributed by atoms with Crippen molar-refractivity contribution in [2.24, 2.45) is 35.5 Å². The lowest BCUT2D eigenvalue weighted by Crippen LogP contribution is -2.49. The van der Waals surface area contributed by atoms with Crippen molar-refractivity contribution in [1.82, 2.24) is 5.32 Å². The van der Waals surface area contributed by atoms with Gasteiger partial charge in [0.25, 0.3) is 0 Å². The van der Waals surface area contributed by atoms with Gasteiger partial charge in [-0.1, -0.05) is 0 Å². The molecule has 4 aliphatic carbocycles. The van der Waals surface area contributed by atoms with Gasteiger partial charge in [0.05, 0.1) is 0 Å². The first-order valence-corrected chi connectivity index (χ1v) is 7.61. The molecule has 0 aromatic heterocycles. The quantitative estimate of drug-likeness (QED) is 0.714. The Morgan fingerprint density at radius 2 is 1.19 bits per heavy atom. The fourth-order valence-corrected chi connectivity index (χ4v) is 5.97. The Morgan fingerprint density at radius 1 is 0.625 bits per heavy atom. The minimum absolute atomic E-state index is 1.09. The largest absolute Gasteiger partial charge is 0.317 e. The molecule has 0 aromatic carbocycles. The average molecular weight is 219 g/mol. The molecule has 4 saturated carbocycles. The van der Waals surface area contributed by atoms with Crippen LogP contribution in [-0.4, -0.2) is 13.1 Å². The van der Waals surface area contributed by atoms with Crippen LogP contribution < -0.4 is 5.32 Å². The summed E-state index contributed by atoms with van der Waals surface area (Å²) < 4.78 is 0. The fraction of sp³-hybridized carbons (Fsp3) is 1.00. The lowest BCUT2D eigenvalue weighted by atomic mass is 9.49. The zero-order valence-electron chi connectivity index (χ0n) is 10.3. The Labute approximate surface area is 99.4 Å². The molecule has 0 spiro atoms. The van der Waals surface area contributed by atoms with Crippen LogP contribution in [0.2, 0.25) is 0 Å². The summed E-state index contributed by atoms with van der Waals surface area (Å²) in [5.74, 6) is 6.85. The molecule has 1 saturated heterocycles. The molecule has 0 radical (unpaired) electrons. The van der Waals surface area contributed by atoms with Gasteiger partial charge in [-0.15, -0.1) is 0 Å². The summed E-state index contributed by atoms with van der Waals surface area (Å²) in [6, 6.07) is 0. The number of hydrogen-bond donors (Lipinski definition) is 1. The second kappa shape index (κ2) is 3.73. The highest BCUT2D eigenvalue weighted by Crippen LogP contribution is 2.59. The molecule has 5 rings (SSSR count). The zero-order valence-corrected chi connectivity index (χ0v) is 10.3. The Bertz CT molecular complexity index is 236. The maximum Gasteiger partial charge on any atom is -0.00462 e. The average Bonchev–Trinajstić information content (AvgIpc) is 2.29. The molecule has 5 fully saturated rings. The standard InChI is InChI=1S/C15H25N/c1-3-16-4-2-12(1)15-13-6-10-5-11(8-13)9-14(15)7-10/h10-16H,1-9H2. The summed E-state index contributed by atoms with van der Waals surface area (Å²) in [4.78, 5) is 0. The van der Waals surface area contributed by atoms with Crippen LogP contribution in [0.4, 0.5) is 0 Å².